The molecule has 0 aliphatic heterocycles. The normalized spacial score (nSPS) is 10.8. The summed E-state index contributed by atoms with van der Waals surface area (Å²) >= 11 is 0. The third kappa shape index (κ3) is 1.37. The van der Waals surface area contributed by atoms with E-state index in [0.717, 1.165) is 5.52 Å². The van der Waals surface area contributed by atoms with E-state index < -0.39 is 0 Å². The van der Waals surface area contributed by atoms with Gasteiger partial charge in [-0.15, -0.1) is 0 Å². The molecule has 3 rings (SSSR count). The summed E-state index contributed by atoms with van der Waals surface area (Å²) in [6.07, 6.45) is 5.50. The summed E-state index contributed by atoms with van der Waals surface area (Å²) in [6, 6.07) is 10.3. The van der Waals surface area contributed by atoms with E-state index in [1.54, 1.807) is 12.4 Å². The summed E-state index contributed by atoms with van der Waals surface area (Å²) in [4.78, 5) is 8.49. The minimum absolute atomic E-state index is 0.710. The van der Waals surface area contributed by atoms with Gasteiger partial charge in [-0.1, -0.05) is 11.6 Å². The summed E-state index contributed by atoms with van der Waals surface area (Å²) in [5.74, 6) is 0.710. The maximum atomic E-state index is 4.25. The number of hydrogen-bond donors (Lipinski definition) is 0. The fourth-order valence-corrected chi connectivity index (χ4v) is 1.85. The average molecular weight is 209 g/mol. The molecule has 0 bridgehead atoms. The van der Waals surface area contributed by atoms with Gasteiger partial charge in [0.1, 0.15) is 0 Å². The Bertz CT molecular complexity index is 626. The van der Waals surface area contributed by atoms with E-state index in [1.807, 2.05) is 16.8 Å². The topological polar surface area (TPSA) is 30.7 Å². The van der Waals surface area contributed by atoms with Crippen molar-refractivity contribution in [3.05, 3.63) is 54.5 Å². The zero-order chi connectivity index (χ0) is 11.0. The van der Waals surface area contributed by atoms with Crippen molar-refractivity contribution in [3.8, 4) is 5.95 Å². The molecule has 3 nitrogen and oxygen atoms in total. The molecule has 0 atom stereocenters. The lowest BCUT2D eigenvalue weighted by atomic mass is 10.2. The molecule has 0 saturated heterocycles. The van der Waals surface area contributed by atoms with Crippen molar-refractivity contribution < 1.29 is 0 Å². The first-order valence-corrected chi connectivity index (χ1v) is 5.20. The molecule has 0 N–H and O–H groups in total. The van der Waals surface area contributed by atoms with Gasteiger partial charge in [0.25, 0.3) is 0 Å². The molecule has 0 aliphatic carbocycles. The fourth-order valence-electron chi connectivity index (χ4n) is 1.85. The monoisotopic (exact) mass is 209 g/mol. The SMILES string of the molecule is Cc1ccc2c(ccn2-c2ncccn2)c1. The Labute approximate surface area is 93.4 Å². The number of aromatic nitrogens is 3. The van der Waals surface area contributed by atoms with E-state index in [9.17, 15) is 0 Å². The molecule has 0 saturated carbocycles. The van der Waals surface area contributed by atoms with Gasteiger partial charge in [-0.2, -0.15) is 0 Å². The maximum absolute atomic E-state index is 4.25. The summed E-state index contributed by atoms with van der Waals surface area (Å²) in [7, 11) is 0. The van der Waals surface area contributed by atoms with E-state index in [1.165, 1.54) is 10.9 Å². The van der Waals surface area contributed by atoms with Crippen molar-refractivity contribution in [1.29, 1.82) is 0 Å². The summed E-state index contributed by atoms with van der Waals surface area (Å²) in [5, 5.41) is 1.22. The van der Waals surface area contributed by atoms with Crippen LogP contribution in [0.5, 0.6) is 0 Å². The smallest absolute Gasteiger partial charge is 0.234 e. The molecular weight excluding hydrogens is 198 g/mol. The highest BCUT2D eigenvalue weighted by Crippen LogP contribution is 2.19. The van der Waals surface area contributed by atoms with Crippen LogP contribution >= 0.6 is 0 Å². The number of rotatable bonds is 1. The van der Waals surface area contributed by atoms with Crippen LogP contribution in [0.15, 0.2) is 48.9 Å². The lowest BCUT2D eigenvalue weighted by Gasteiger charge is -2.02. The second-order valence-corrected chi connectivity index (χ2v) is 3.80. The average Bonchev–Trinajstić information content (AvgIpc) is 2.73. The van der Waals surface area contributed by atoms with Crippen LogP contribution in [0.3, 0.4) is 0 Å². The summed E-state index contributed by atoms with van der Waals surface area (Å²) in [6.45, 7) is 2.09. The van der Waals surface area contributed by atoms with Crippen LogP contribution in [0, 0.1) is 6.92 Å². The first kappa shape index (κ1) is 9.09. The first-order valence-electron chi connectivity index (χ1n) is 5.20. The van der Waals surface area contributed by atoms with Crippen LogP contribution in [0.25, 0.3) is 16.9 Å². The second-order valence-electron chi connectivity index (χ2n) is 3.80. The van der Waals surface area contributed by atoms with Gasteiger partial charge in [0.05, 0.1) is 5.52 Å². The molecule has 3 heteroatoms. The van der Waals surface area contributed by atoms with Gasteiger partial charge in [-0.25, -0.2) is 9.97 Å². The molecule has 0 unspecified atom stereocenters. The Morgan fingerprint density at radius 1 is 1.06 bits per heavy atom. The van der Waals surface area contributed by atoms with Gasteiger partial charge in [0.2, 0.25) is 5.95 Å². The van der Waals surface area contributed by atoms with E-state index in [-0.39, 0.29) is 0 Å². The maximum Gasteiger partial charge on any atom is 0.234 e. The standard InChI is InChI=1S/C13H11N3/c1-10-3-4-12-11(9-10)5-8-16(12)13-14-6-2-7-15-13/h2-9H,1H3. The first-order chi connectivity index (χ1) is 7.84. The van der Waals surface area contributed by atoms with Crippen molar-refractivity contribution in [3.63, 3.8) is 0 Å². The fraction of sp³-hybridized carbons (Fsp3) is 0.0769. The van der Waals surface area contributed by atoms with Crippen LogP contribution in [-0.4, -0.2) is 14.5 Å². The molecular formula is C13H11N3. The molecule has 0 aliphatic rings. The Kier molecular flexibility index (Phi) is 1.96. The molecule has 0 amide bonds. The zero-order valence-corrected chi connectivity index (χ0v) is 8.96. The van der Waals surface area contributed by atoms with E-state index >= 15 is 0 Å². The Hall–Kier alpha value is -2.16. The summed E-state index contributed by atoms with van der Waals surface area (Å²) < 4.78 is 1.99. The number of fused-ring (bicyclic) bond motifs is 1. The Balaban J connectivity index is 2.26. The van der Waals surface area contributed by atoms with E-state index in [0.29, 0.717) is 5.95 Å². The van der Waals surface area contributed by atoms with Gasteiger partial charge in [-0.05, 0) is 31.2 Å². The van der Waals surface area contributed by atoms with Crippen molar-refractivity contribution in [1.82, 2.24) is 14.5 Å². The van der Waals surface area contributed by atoms with Crippen molar-refractivity contribution >= 4 is 10.9 Å². The van der Waals surface area contributed by atoms with Gasteiger partial charge in [0.15, 0.2) is 0 Å². The van der Waals surface area contributed by atoms with Crippen molar-refractivity contribution in [2.45, 2.75) is 6.92 Å². The molecule has 16 heavy (non-hydrogen) atoms. The van der Waals surface area contributed by atoms with Crippen LogP contribution in [-0.2, 0) is 0 Å². The van der Waals surface area contributed by atoms with E-state index in [4.69, 9.17) is 0 Å². The molecule has 3 aromatic rings. The molecule has 0 spiro atoms. The third-order valence-electron chi connectivity index (χ3n) is 2.61. The molecule has 78 valence electrons. The molecule has 2 aromatic heterocycles. The van der Waals surface area contributed by atoms with Crippen molar-refractivity contribution in [2.24, 2.45) is 0 Å². The van der Waals surface area contributed by atoms with Crippen molar-refractivity contribution in [2.75, 3.05) is 0 Å². The van der Waals surface area contributed by atoms with Crippen LogP contribution in [0.1, 0.15) is 5.56 Å². The quantitative estimate of drug-likeness (QED) is 0.617. The van der Waals surface area contributed by atoms with Crippen LogP contribution < -0.4 is 0 Å². The predicted molar refractivity (Wildman–Crippen MR) is 63.6 cm³/mol. The van der Waals surface area contributed by atoms with Gasteiger partial charge in [-0.3, -0.25) is 4.57 Å². The summed E-state index contributed by atoms with van der Waals surface area (Å²) in [5.41, 5.74) is 2.40. The Morgan fingerprint density at radius 3 is 2.69 bits per heavy atom. The van der Waals surface area contributed by atoms with Gasteiger partial charge < -0.3 is 0 Å². The minimum Gasteiger partial charge on any atom is -0.285 e. The van der Waals surface area contributed by atoms with Crippen LogP contribution in [0.4, 0.5) is 0 Å². The zero-order valence-electron chi connectivity index (χ0n) is 8.96. The number of nitrogens with zero attached hydrogens (tertiary/aromatic N) is 3. The molecule has 2 heterocycles. The highest BCUT2D eigenvalue weighted by Gasteiger charge is 2.04. The number of hydrogen-bond acceptors (Lipinski definition) is 2. The molecule has 0 radical (unpaired) electrons. The molecule has 0 fully saturated rings. The van der Waals surface area contributed by atoms with Gasteiger partial charge >= 0.3 is 0 Å². The van der Waals surface area contributed by atoms with Crippen LogP contribution in [0.2, 0.25) is 0 Å². The number of benzene rings is 1. The lowest BCUT2D eigenvalue weighted by molar-refractivity contribution is 0.962. The molecule has 1 aromatic carbocycles. The third-order valence-corrected chi connectivity index (χ3v) is 2.61. The van der Waals surface area contributed by atoms with E-state index in [2.05, 4.69) is 41.2 Å². The Morgan fingerprint density at radius 2 is 1.88 bits per heavy atom. The number of aryl methyl sites for hydroxylation is 1. The highest BCUT2D eigenvalue weighted by molar-refractivity contribution is 5.82. The lowest BCUT2D eigenvalue weighted by Crippen LogP contribution is -1.97. The minimum atomic E-state index is 0.710. The predicted octanol–water partition coefficient (Wildman–Crippen LogP) is 2.73. The second kappa shape index (κ2) is 3.45. The largest absolute Gasteiger partial charge is 0.285 e. The van der Waals surface area contributed by atoms with Gasteiger partial charge in [0, 0.05) is 24.0 Å². The highest BCUT2D eigenvalue weighted by atomic mass is 15.1.